The first-order chi connectivity index (χ1) is 8.72. The first-order valence-electron chi connectivity index (χ1n) is 6.24. The van der Waals surface area contributed by atoms with Crippen molar-refractivity contribution in [1.82, 2.24) is 0 Å². The molecular formula is C16H20O2. The lowest BCUT2D eigenvalue weighted by atomic mass is 10.1. The molecule has 0 heterocycles. The summed E-state index contributed by atoms with van der Waals surface area (Å²) in [6.45, 7) is 2.17. The van der Waals surface area contributed by atoms with Crippen molar-refractivity contribution in [2.45, 2.75) is 26.2 Å². The minimum Gasteiger partial charge on any atom is -0.508 e. The minimum atomic E-state index is 0.322. The SMILES string of the molecule is CCCCc1cccc(O)c1.Oc1ccccc1. The molecule has 0 spiro atoms. The van der Waals surface area contributed by atoms with E-state index >= 15 is 0 Å². The predicted octanol–water partition coefficient (Wildman–Crippen LogP) is 4.13. The van der Waals surface area contributed by atoms with Crippen LogP contribution in [0, 0.1) is 0 Å². The molecule has 2 nitrogen and oxygen atoms in total. The Kier molecular flexibility index (Phi) is 6.41. The Morgan fingerprint density at radius 1 is 0.833 bits per heavy atom. The molecule has 0 aromatic heterocycles. The smallest absolute Gasteiger partial charge is 0.115 e. The van der Waals surface area contributed by atoms with E-state index in [2.05, 4.69) is 13.0 Å². The number of hydrogen-bond donors (Lipinski definition) is 2. The van der Waals surface area contributed by atoms with Gasteiger partial charge in [-0.05, 0) is 42.7 Å². The number of phenolic OH excluding ortho intramolecular Hbond substituents is 2. The van der Waals surface area contributed by atoms with Crippen molar-refractivity contribution in [3.63, 3.8) is 0 Å². The molecule has 0 aliphatic rings. The van der Waals surface area contributed by atoms with E-state index in [1.54, 1.807) is 30.3 Å². The van der Waals surface area contributed by atoms with Gasteiger partial charge in [0.15, 0.2) is 0 Å². The number of aromatic hydroxyl groups is 2. The van der Waals surface area contributed by atoms with Gasteiger partial charge in [0.1, 0.15) is 11.5 Å². The molecule has 0 bridgehead atoms. The molecule has 0 saturated heterocycles. The van der Waals surface area contributed by atoms with Gasteiger partial charge in [-0.1, -0.05) is 43.7 Å². The molecule has 0 saturated carbocycles. The molecule has 18 heavy (non-hydrogen) atoms. The van der Waals surface area contributed by atoms with Crippen LogP contribution in [0.15, 0.2) is 54.6 Å². The lowest BCUT2D eigenvalue weighted by Crippen LogP contribution is -1.82. The Bertz CT molecular complexity index is 438. The molecule has 0 amide bonds. The highest BCUT2D eigenvalue weighted by atomic mass is 16.3. The van der Waals surface area contributed by atoms with Crippen molar-refractivity contribution in [1.29, 1.82) is 0 Å². The monoisotopic (exact) mass is 244 g/mol. The zero-order chi connectivity index (χ0) is 13.2. The van der Waals surface area contributed by atoms with E-state index in [1.165, 1.54) is 18.4 Å². The van der Waals surface area contributed by atoms with Gasteiger partial charge >= 0.3 is 0 Å². The predicted molar refractivity (Wildman–Crippen MR) is 74.8 cm³/mol. The molecule has 0 unspecified atom stereocenters. The summed E-state index contributed by atoms with van der Waals surface area (Å²) in [5.41, 5.74) is 1.23. The number of benzene rings is 2. The average molecular weight is 244 g/mol. The lowest BCUT2D eigenvalue weighted by molar-refractivity contribution is 0.474. The Hall–Kier alpha value is -1.96. The van der Waals surface area contributed by atoms with Crippen molar-refractivity contribution in [3.8, 4) is 11.5 Å². The number of hydrogen-bond acceptors (Lipinski definition) is 2. The summed E-state index contributed by atoms with van der Waals surface area (Å²) < 4.78 is 0. The highest BCUT2D eigenvalue weighted by Gasteiger charge is 1.92. The maximum atomic E-state index is 9.11. The van der Waals surface area contributed by atoms with Crippen LogP contribution in [-0.4, -0.2) is 10.2 Å². The van der Waals surface area contributed by atoms with Gasteiger partial charge in [0.25, 0.3) is 0 Å². The molecule has 2 aromatic rings. The molecule has 2 heteroatoms. The van der Waals surface area contributed by atoms with Gasteiger partial charge in [0.05, 0.1) is 0 Å². The van der Waals surface area contributed by atoms with Crippen molar-refractivity contribution >= 4 is 0 Å². The number of unbranched alkanes of at least 4 members (excludes halogenated alkanes) is 1. The molecule has 0 aliphatic heterocycles. The van der Waals surface area contributed by atoms with Crippen LogP contribution >= 0.6 is 0 Å². The van der Waals surface area contributed by atoms with Crippen LogP contribution in [0.4, 0.5) is 0 Å². The third-order valence-corrected chi connectivity index (χ3v) is 2.49. The molecule has 2 aromatic carbocycles. The standard InChI is InChI=1S/C10H14O.C6H6O/c1-2-3-5-9-6-4-7-10(11)8-9;7-6-4-2-1-3-5-6/h4,6-8,11H,2-3,5H2,1H3;1-5,7H. The largest absolute Gasteiger partial charge is 0.508 e. The van der Waals surface area contributed by atoms with E-state index in [4.69, 9.17) is 10.2 Å². The fourth-order valence-electron chi connectivity index (χ4n) is 1.52. The second-order valence-corrected chi connectivity index (χ2v) is 4.11. The van der Waals surface area contributed by atoms with Gasteiger partial charge in [0, 0.05) is 0 Å². The van der Waals surface area contributed by atoms with Crippen LogP contribution in [0.25, 0.3) is 0 Å². The van der Waals surface area contributed by atoms with E-state index in [-0.39, 0.29) is 0 Å². The molecule has 2 N–H and O–H groups in total. The van der Waals surface area contributed by atoms with Gasteiger partial charge in [-0.25, -0.2) is 0 Å². The van der Waals surface area contributed by atoms with E-state index in [0.717, 1.165) is 6.42 Å². The van der Waals surface area contributed by atoms with Crippen LogP contribution in [0.5, 0.6) is 11.5 Å². The summed E-state index contributed by atoms with van der Waals surface area (Å²) in [4.78, 5) is 0. The lowest BCUT2D eigenvalue weighted by Gasteiger charge is -1.98. The first-order valence-corrected chi connectivity index (χ1v) is 6.24. The van der Waals surface area contributed by atoms with Crippen molar-refractivity contribution in [2.24, 2.45) is 0 Å². The molecule has 0 fully saturated rings. The Balaban J connectivity index is 0.000000199. The fourth-order valence-corrected chi connectivity index (χ4v) is 1.52. The second kappa shape index (κ2) is 8.18. The number of rotatable bonds is 3. The molecule has 0 atom stereocenters. The van der Waals surface area contributed by atoms with Crippen LogP contribution in [0.1, 0.15) is 25.3 Å². The van der Waals surface area contributed by atoms with E-state index < -0.39 is 0 Å². The maximum Gasteiger partial charge on any atom is 0.115 e. The fraction of sp³-hybridized carbons (Fsp3) is 0.250. The molecule has 0 radical (unpaired) electrons. The maximum absolute atomic E-state index is 9.11. The average Bonchev–Trinajstić information content (AvgIpc) is 2.38. The van der Waals surface area contributed by atoms with Crippen molar-refractivity contribution < 1.29 is 10.2 Å². The van der Waals surface area contributed by atoms with Gasteiger partial charge < -0.3 is 10.2 Å². The van der Waals surface area contributed by atoms with Gasteiger partial charge in [-0.2, -0.15) is 0 Å². The molecular weight excluding hydrogens is 224 g/mol. The second-order valence-electron chi connectivity index (χ2n) is 4.11. The van der Waals surface area contributed by atoms with Crippen LogP contribution < -0.4 is 0 Å². The number of phenols is 2. The molecule has 0 aliphatic carbocycles. The van der Waals surface area contributed by atoms with E-state index in [1.807, 2.05) is 18.2 Å². The minimum absolute atomic E-state index is 0.322. The summed E-state index contributed by atoms with van der Waals surface area (Å²) >= 11 is 0. The Morgan fingerprint density at radius 2 is 1.50 bits per heavy atom. The first kappa shape index (κ1) is 14.1. The summed E-state index contributed by atoms with van der Waals surface area (Å²) in [5.74, 6) is 0.695. The van der Waals surface area contributed by atoms with Crippen LogP contribution in [0.2, 0.25) is 0 Å². The van der Waals surface area contributed by atoms with Crippen LogP contribution in [0.3, 0.4) is 0 Å². The third kappa shape index (κ3) is 5.94. The van der Waals surface area contributed by atoms with E-state index in [9.17, 15) is 0 Å². The van der Waals surface area contributed by atoms with Crippen LogP contribution in [-0.2, 0) is 6.42 Å². The quantitative estimate of drug-likeness (QED) is 0.852. The van der Waals surface area contributed by atoms with Crippen molar-refractivity contribution in [3.05, 3.63) is 60.2 Å². The Labute approximate surface area is 109 Å². The summed E-state index contributed by atoms with van der Waals surface area (Å²) in [5, 5.41) is 17.7. The molecule has 2 rings (SSSR count). The normalized spacial score (nSPS) is 9.39. The molecule has 96 valence electrons. The number of para-hydroxylation sites is 1. The van der Waals surface area contributed by atoms with Gasteiger partial charge in [-0.3, -0.25) is 0 Å². The summed E-state index contributed by atoms with van der Waals surface area (Å²) in [6, 6.07) is 16.2. The number of aryl methyl sites for hydroxylation is 1. The highest BCUT2D eigenvalue weighted by molar-refractivity contribution is 5.27. The van der Waals surface area contributed by atoms with E-state index in [0.29, 0.717) is 11.5 Å². The third-order valence-electron chi connectivity index (χ3n) is 2.49. The topological polar surface area (TPSA) is 40.5 Å². The zero-order valence-corrected chi connectivity index (χ0v) is 10.7. The zero-order valence-electron chi connectivity index (χ0n) is 10.7. The van der Waals surface area contributed by atoms with Gasteiger partial charge in [-0.15, -0.1) is 0 Å². The summed E-state index contributed by atoms with van der Waals surface area (Å²) in [7, 11) is 0. The van der Waals surface area contributed by atoms with Crippen molar-refractivity contribution in [2.75, 3.05) is 0 Å². The summed E-state index contributed by atoms with van der Waals surface area (Å²) in [6.07, 6.45) is 3.48. The van der Waals surface area contributed by atoms with Gasteiger partial charge in [0.2, 0.25) is 0 Å². The Morgan fingerprint density at radius 3 is 2.00 bits per heavy atom. The highest BCUT2D eigenvalue weighted by Crippen LogP contribution is 2.12.